The lowest BCUT2D eigenvalue weighted by Gasteiger charge is -2.26. The summed E-state index contributed by atoms with van der Waals surface area (Å²) in [6, 6.07) is 0. The number of carbonyl (C=O) groups excluding carboxylic acids is 3. The molecule has 108 valence electrons. The number of hydroxylamine groups is 1. The van der Waals surface area contributed by atoms with Gasteiger partial charge in [0, 0.05) is 25.9 Å². The lowest BCUT2D eigenvalue weighted by Crippen LogP contribution is -2.39. The van der Waals surface area contributed by atoms with Gasteiger partial charge in [0.2, 0.25) is 0 Å². The number of nitrogens with zero attached hydrogens (tertiary/aromatic N) is 1. The molecular weight excluding hydrogens is 250 g/mol. The summed E-state index contributed by atoms with van der Waals surface area (Å²) in [4.78, 5) is 39.1. The van der Waals surface area contributed by atoms with E-state index in [1.165, 1.54) is 19.3 Å². The molecule has 0 aromatic carbocycles. The summed E-state index contributed by atoms with van der Waals surface area (Å²) in [5.74, 6) is -0.488. The molecule has 0 radical (unpaired) electrons. The molecule has 0 aromatic heterocycles. The van der Waals surface area contributed by atoms with Gasteiger partial charge >= 0.3 is 6.09 Å². The first-order chi connectivity index (χ1) is 9.22. The summed E-state index contributed by atoms with van der Waals surface area (Å²) >= 11 is 0. The molecule has 7 heteroatoms. The first-order valence-electron chi connectivity index (χ1n) is 6.62. The molecule has 0 aromatic rings. The number of aldehydes is 1. The smallest absolute Gasteiger partial charge is 0.322 e. The van der Waals surface area contributed by atoms with E-state index in [2.05, 4.69) is 15.1 Å². The van der Waals surface area contributed by atoms with Crippen molar-refractivity contribution in [3.8, 4) is 0 Å². The minimum Gasteiger partial charge on any atom is -0.322 e. The van der Waals surface area contributed by atoms with E-state index < -0.39 is 12.0 Å². The number of nitrogens with one attached hydrogen (secondary N) is 2. The second-order valence-electron chi connectivity index (χ2n) is 4.45. The van der Waals surface area contributed by atoms with Gasteiger partial charge in [0.05, 0.1) is 0 Å². The van der Waals surface area contributed by atoms with Gasteiger partial charge in [-0.2, -0.15) is 5.48 Å². The van der Waals surface area contributed by atoms with Gasteiger partial charge in [-0.3, -0.25) is 4.79 Å². The van der Waals surface area contributed by atoms with E-state index in [1.807, 2.05) is 5.48 Å². The van der Waals surface area contributed by atoms with Crippen LogP contribution in [0.2, 0.25) is 0 Å². The number of carbonyl (C=O) groups is 3. The summed E-state index contributed by atoms with van der Waals surface area (Å²) in [6.45, 7) is 3.41. The zero-order valence-electron chi connectivity index (χ0n) is 11.0. The first-order valence-corrected chi connectivity index (χ1v) is 6.62. The fraction of sp³-hybridized carbons (Fsp3) is 0.750. The topological polar surface area (TPSA) is 87.7 Å². The Morgan fingerprint density at radius 2 is 1.95 bits per heavy atom. The minimum atomic E-state index is -0.684. The largest absolute Gasteiger partial charge is 0.431 e. The molecule has 1 aliphatic heterocycles. The van der Waals surface area contributed by atoms with E-state index >= 15 is 0 Å². The van der Waals surface area contributed by atoms with Crippen molar-refractivity contribution in [3.63, 3.8) is 0 Å². The highest BCUT2D eigenvalue weighted by Crippen LogP contribution is 2.07. The van der Waals surface area contributed by atoms with Crippen molar-refractivity contribution in [2.45, 2.75) is 32.1 Å². The predicted molar refractivity (Wildman–Crippen MR) is 68.2 cm³/mol. The van der Waals surface area contributed by atoms with Crippen LogP contribution in [-0.2, 0) is 14.4 Å². The van der Waals surface area contributed by atoms with E-state index in [-0.39, 0.29) is 12.8 Å². The number of rotatable bonds is 6. The van der Waals surface area contributed by atoms with Crippen LogP contribution in [0.3, 0.4) is 0 Å². The fourth-order valence-corrected chi connectivity index (χ4v) is 1.88. The number of amides is 2. The average Bonchev–Trinajstić information content (AvgIpc) is 2.44. The molecule has 0 saturated carbocycles. The standard InChI is InChI=1S/C12H21N3O4/c16-10-4-5-11(17)14-19-12(18)13-6-9-15-7-2-1-3-8-15/h10H,1-9H2,(H,13,18)(H,14,17). The van der Waals surface area contributed by atoms with Gasteiger partial charge in [0.15, 0.2) is 0 Å². The maximum absolute atomic E-state index is 11.2. The van der Waals surface area contributed by atoms with E-state index in [0.717, 1.165) is 19.6 Å². The molecule has 2 N–H and O–H groups in total. The van der Waals surface area contributed by atoms with Crippen molar-refractivity contribution < 1.29 is 19.2 Å². The Morgan fingerprint density at radius 1 is 1.21 bits per heavy atom. The van der Waals surface area contributed by atoms with Crippen molar-refractivity contribution >= 4 is 18.3 Å². The molecule has 0 spiro atoms. The molecule has 2 amide bonds. The number of piperidine rings is 1. The summed E-state index contributed by atoms with van der Waals surface area (Å²) < 4.78 is 0. The van der Waals surface area contributed by atoms with Gasteiger partial charge in [0.25, 0.3) is 5.91 Å². The van der Waals surface area contributed by atoms with Crippen molar-refractivity contribution in [2.24, 2.45) is 0 Å². The van der Waals surface area contributed by atoms with Crippen molar-refractivity contribution in [1.29, 1.82) is 0 Å². The van der Waals surface area contributed by atoms with Crippen LogP contribution in [0, 0.1) is 0 Å². The molecule has 1 heterocycles. The second-order valence-corrected chi connectivity index (χ2v) is 4.45. The Morgan fingerprint density at radius 3 is 2.63 bits per heavy atom. The van der Waals surface area contributed by atoms with E-state index in [9.17, 15) is 14.4 Å². The Labute approximate surface area is 112 Å². The highest BCUT2D eigenvalue weighted by atomic mass is 16.7. The summed E-state index contributed by atoms with van der Waals surface area (Å²) in [7, 11) is 0. The van der Waals surface area contributed by atoms with Gasteiger partial charge in [-0.25, -0.2) is 4.79 Å². The van der Waals surface area contributed by atoms with E-state index in [4.69, 9.17) is 0 Å². The zero-order valence-corrected chi connectivity index (χ0v) is 11.0. The van der Waals surface area contributed by atoms with Gasteiger partial charge in [0.1, 0.15) is 6.29 Å². The normalized spacial score (nSPS) is 15.6. The molecule has 1 rings (SSSR count). The quantitative estimate of drug-likeness (QED) is 0.532. The van der Waals surface area contributed by atoms with Crippen molar-refractivity contribution in [1.82, 2.24) is 15.7 Å². The molecule has 0 unspecified atom stereocenters. The molecule has 0 aliphatic carbocycles. The third-order valence-electron chi connectivity index (χ3n) is 2.89. The Balaban J connectivity index is 2.00. The molecule has 1 fully saturated rings. The summed E-state index contributed by atoms with van der Waals surface area (Å²) in [5.41, 5.74) is 1.98. The number of hydrogen-bond acceptors (Lipinski definition) is 5. The van der Waals surface area contributed by atoms with Crippen molar-refractivity contribution in [2.75, 3.05) is 26.2 Å². The highest BCUT2D eigenvalue weighted by Gasteiger charge is 2.10. The lowest BCUT2D eigenvalue weighted by molar-refractivity contribution is -0.130. The second kappa shape index (κ2) is 9.32. The Bertz CT molecular complexity index is 303. The van der Waals surface area contributed by atoms with E-state index in [0.29, 0.717) is 12.8 Å². The minimum absolute atomic E-state index is 0.0184. The van der Waals surface area contributed by atoms with E-state index in [1.54, 1.807) is 0 Å². The summed E-state index contributed by atoms with van der Waals surface area (Å²) in [6.07, 6.45) is 3.78. The fourth-order valence-electron chi connectivity index (χ4n) is 1.88. The molecule has 1 aliphatic rings. The van der Waals surface area contributed by atoms with Crippen LogP contribution in [0.4, 0.5) is 4.79 Å². The third kappa shape index (κ3) is 7.40. The number of hydrogen-bond donors (Lipinski definition) is 2. The first kappa shape index (κ1) is 15.4. The zero-order chi connectivity index (χ0) is 13.9. The monoisotopic (exact) mass is 271 g/mol. The van der Waals surface area contributed by atoms with Gasteiger partial charge < -0.3 is 19.8 Å². The average molecular weight is 271 g/mol. The van der Waals surface area contributed by atoms with Crippen LogP contribution in [0.15, 0.2) is 0 Å². The van der Waals surface area contributed by atoms with Crippen LogP contribution in [0.5, 0.6) is 0 Å². The number of likely N-dealkylation sites (tertiary alicyclic amines) is 1. The van der Waals surface area contributed by atoms with Crippen LogP contribution in [0.25, 0.3) is 0 Å². The maximum atomic E-state index is 11.2. The van der Waals surface area contributed by atoms with Gasteiger partial charge in [-0.15, -0.1) is 0 Å². The lowest BCUT2D eigenvalue weighted by atomic mass is 10.1. The third-order valence-corrected chi connectivity index (χ3v) is 2.89. The van der Waals surface area contributed by atoms with Gasteiger partial charge in [-0.05, 0) is 25.9 Å². The molecule has 0 atom stereocenters. The molecule has 1 saturated heterocycles. The van der Waals surface area contributed by atoms with Crippen LogP contribution < -0.4 is 10.8 Å². The van der Waals surface area contributed by atoms with Gasteiger partial charge in [-0.1, -0.05) is 6.42 Å². The predicted octanol–water partition coefficient (Wildman–Crippen LogP) is 0.209. The van der Waals surface area contributed by atoms with Crippen LogP contribution in [-0.4, -0.2) is 49.4 Å². The molecular formula is C12H21N3O4. The molecule has 19 heavy (non-hydrogen) atoms. The maximum Gasteiger partial charge on any atom is 0.431 e. The SMILES string of the molecule is O=CCCC(=O)NOC(=O)NCCN1CCCCC1. The Hall–Kier alpha value is -1.63. The summed E-state index contributed by atoms with van der Waals surface area (Å²) in [5, 5.41) is 2.55. The molecule has 0 bridgehead atoms. The molecule has 7 nitrogen and oxygen atoms in total. The van der Waals surface area contributed by atoms with Crippen molar-refractivity contribution in [3.05, 3.63) is 0 Å². The van der Waals surface area contributed by atoms with Crippen LogP contribution in [0.1, 0.15) is 32.1 Å². The highest BCUT2D eigenvalue weighted by molar-refractivity contribution is 5.79. The Kier molecular flexibility index (Phi) is 7.57. The van der Waals surface area contributed by atoms with Crippen LogP contribution >= 0.6 is 0 Å².